The van der Waals surface area contributed by atoms with Gasteiger partial charge in [-0.2, -0.15) is 0 Å². The SMILES string of the molecule is CCNc1cc(NCCNC(=O)c2cc(C)ccc2C)nc(C)n1. The molecule has 0 aliphatic rings. The molecule has 0 spiro atoms. The fourth-order valence-corrected chi connectivity index (χ4v) is 2.37. The zero-order chi connectivity index (χ0) is 17.5. The lowest BCUT2D eigenvalue weighted by Gasteiger charge is -2.11. The van der Waals surface area contributed by atoms with Gasteiger partial charge in [0.1, 0.15) is 17.5 Å². The van der Waals surface area contributed by atoms with Gasteiger partial charge in [-0.3, -0.25) is 4.79 Å². The van der Waals surface area contributed by atoms with Crippen LogP contribution in [0.1, 0.15) is 34.2 Å². The van der Waals surface area contributed by atoms with E-state index in [2.05, 4.69) is 25.9 Å². The van der Waals surface area contributed by atoms with Gasteiger partial charge < -0.3 is 16.0 Å². The van der Waals surface area contributed by atoms with Crippen molar-refractivity contribution in [2.75, 3.05) is 30.3 Å². The number of carbonyl (C=O) groups excluding carboxylic acids is 1. The van der Waals surface area contributed by atoms with Gasteiger partial charge in [0.25, 0.3) is 5.91 Å². The molecule has 1 aromatic carbocycles. The normalized spacial score (nSPS) is 10.3. The van der Waals surface area contributed by atoms with Crippen LogP contribution >= 0.6 is 0 Å². The average molecular weight is 327 g/mol. The smallest absolute Gasteiger partial charge is 0.251 e. The molecule has 0 unspecified atom stereocenters. The summed E-state index contributed by atoms with van der Waals surface area (Å²) in [6.45, 7) is 9.73. The average Bonchev–Trinajstić information content (AvgIpc) is 2.53. The molecular weight excluding hydrogens is 302 g/mol. The van der Waals surface area contributed by atoms with Gasteiger partial charge >= 0.3 is 0 Å². The zero-order valence-corrected chi connectivity index (χ0v) is 14.7. The molecule has 0 saturated carbocycles. The molecular formula is C18H25N5O. The second-order valence-electron chi connectivity index (χ2n) is 5.72. The lowest BCUT2D eigenvalue weighted by molar-refractivity contribution is 0.0954. The van der Waals surface area contributed by atoms with E-state index in [9.17, 15) is 4.79 Å². The third kappa shape index (κ3) is 4.94. The highest BCUT2D eigenvalue weighted by Crippen LogP contribution is 2.11. The van der Waals surface area contributed by atoms with E-state index < -0.39 is 0 Å². The highest BCUT2D eigenvalue weighted by Gasteiger charge is 2.08. The summed E-state index contributed by atoms with van der Waals surface area (Å²) in [6.07, 6.45) is 0. The second kappa shape index (κ2) is 8.29. The monoisotopic (exact) mass is 327 g/mol. The Balaban J connectivity index is 1.86. The number of nitrogens with one attached hydrogen (secondary N) is 3. The lowest BCUT2D eigenvalue weighted by Crippen LogP contribution is -2.29. The van der Waals surface area contributed by atoms with Gasteiger partial charge in [-0.15, -0.1) is 0 Å². The Kier molecular flexibility index (Phi) is 6.12. The topological polar surface area (TPSA) is 78.9 Å². The Morgan fingerprint density at radius 1 is 1.00 bits per heavy atom. The Hall–Kier alpha value is -2.63. The van der Waals surface area contributed by atoms with Crippen LogP contribution in [-0.2, 0) is 0 Å². The van der Waals surface area contributed by atoms with Gasteiger partial charge in [-0.05, 0) is 39.3 Å². The molecule has 0 saturated heterocycles. The fraction of sp³-hybridized carbons (Fsp3) is 0.389. The van der Waals surface area contributed by atoms with Crippen molar-refractivity contribution in [2.24, 2.45) is 0 Å². The third-order valence-corrected chi connectivity index (χ3v) is 3.55. The molecule has 0 aliphatic carbocycles. The first-order chi connectivity index (χ1) is 11.5. The lowest BCUT2D eigenvalue weighted by atomic mass is 10.1. The van der Waals surface area contributed by atoms with Crippen molar-refractivity contribution < 1.29 is 4.79 Å². The number of hydrogen-bond acceptors (Lipinski definition) is 5. The minimum absolute atomic E-state index is 0.0507. The van der Waals surface area contributed by atoms with Crippen molar-refractivity contribution in [3.05, 3.63) is 46.8 Å². The Bertz CT molecular complexity index is 715. The number of aromatic nitrogens is 2. The first-order valence-electron chi connectivity index (χ1n) is 8.18. The highest BCUT2D eigenvalue weighted by molar-refractivity contribution is 5.95. The first-order valence-corrected chi connectivity index (χ1v) is 8.18. The molecule has 0 bridgehead atoms. The zero-order valence-electron chi connectivity index (χ0n) is 14.7. The van der Waals surface area contributed by atoms with E-state index >= 15 is 0 Å². The number of amides is 1. The molecule has 1 amide bonds. The van der Waals surface area contributed by atoms with E-state index in [1.165, 1.54) is 0 Å². The van der Waals surface area contributed by atoms with Crippen molar-refractivity contribution >= 4 is 17.5 Å². The quantitative estimate of drug-likeness (QED) is 0.681. The van der Waals surface area contributed by atoms with Crippen LogP contribution in [0.5, 0.6) is 0 Å². The van der Waals surface area contributed by atoms with Gasteiger partial charge in [0.2, 0.25) is 0 Å². The summed E-state index contributed by atoms with van der Waals surface area (Å²) in [5.74, 6) is 2.20. The largest absolute Gasteiger partial charge is 0.370 e. The Labute approximate surface area is 143 Å². The van der Waals surface area contributed by atoms with Gasteiger partial charge in [0.05, 0.1) is 0 Å². The number of hydrogen-bond donors (Lipinski definition) is 3. The summed E-state index contributed by atoms with van der Waals surface area (Å²) in [4.78, 5) is 20.9. The molecule has 0 radical (unpaired) electrons. The van der Waals surface area contributed by atoms with Crippen LogP contribution < -0.4 is 16.0 Å². The first kappa shape index (κ1) is 17.7. The van der Waals surface area contributed by atoms with Gasteiger partial charge in [0.15, 0.2) is 0 Å². The van der Waals surface area contributed by atoms with Crippen molar-refractivity contribution in [3.8, 4) is 0 Å². The number of carbonyl (C=O) groups is 1. The molecule has 128 valence electrons. The van der Waals surface area contributed by atoms with E-state index in [1.807, 2.05) is 52.0 Å². The highest BCUT2D eigenvalue weighted by atomic mass is 16.1. The number of nitrogens with zero attached hydrogens (tertiary/aromatic N) is 2. The molecule has 0 atom stereocenters. The van der Waals surface area contributed by atoms with Crippen LogP contribution in [0, 0.1) is 20.8 Å². The molecule has 24 heavy (non-hydrogen) atoms. The summed E-state index contributed by atoms with van der Waals surface area (Å²) >= 11 is 0. The molecule has 0 fully saturated rings. The number of aryl methyl sites for hydroxylation is 3. The number of benzene rings is 1. The van der Waals surface area contributed by atoms with Crippen molar-refractivity contribution in [3.63, 3.8) is 0 Å². The molecule has 6 heteroatoms. The van der Waals surface area contributed by atoms with E-state index in [0.717, 1.165) is 34.9 Å². The van der Waals surface area contributed by atoms with E-state index in [-0.39, 0.29) is 5.91 Å². The van der Waals surface area contributed by atoms with Crippen LogP contribution in [0.4, 0.5) is 11.6 Å². The van der Waals surface area contributed by atoms with Crippen LogP contribution in [-0.4, -0.2) is 35.5 Å². The molecule has 2 aromatic rings. The van der Waals surface area contributed by atoms with E-state index in [4.69, 9.17) is 0 Å². The Morgan fingerprint density at radius 3 is 2.42 bits per heavy atom. The van der Waals surface area contributed by atoms with Crippen LogP contribution in [0.3, 0.4) is 0 Å². The molecule has 3 N–H and O–H groups in total. The Morgan fingerprint density at radius 2 is 1.71 bits per heavy atom. The van der Waals surface area contributed by atoms with E-state index in [1.54, 1.807) is 0 Å². The summed E-state index contributed by atoms with van der Waals surface area (Å²) in [5.41, 5.74) is 2.78. The summed E-state index contributed by atoms with van der Waals surface area (Å²) in [6, 6.07) is 7.75. The molecule has 1 heterocycles. The van der Waals surface area contributed by atoms with Crippen LogP contribution in [0.25, 0.3) is 0 Å². The fourth-order valence-electron chi connectivity index (χ4n) is 2.37. The predicted octanol–water partition coefficient (Wildman–Crippen LogP) is 2.68. The molecule has 0 aliphatic heterocycles. The van der Waals surface area contributed by atoms with Gasteiger partial charge in [-0.25, -0.2) is 9.97 Å². The number of anilines is 2. The van der Waals surface area contributed by atoms with Crippen molar-refractivity contribution in [1.82, 2.24) is 15.3 Å². The molecule has 1 aromatic heterocycles. The van der Waals surface area contributed by atoms with Gasteiger partial charge in [-0.1, -0.05) is 17.7 Å². The predicted molar refractivity (Wildman–Crippen MR) is 97.7 cm³/mol. The van der Waals surface area contributed by atoms with E-state index in [0.29, 0.717) is 18.9 Å². The third-order valence-electron chi connectivity index (χ3n) is 3.55. The second-order valence-corrected chi connectivity index (χ2v) is 5.72. The molecule has 2 rings (SSSR count). The van der Waals surface area contributed by atoms with Crippen molar-refractivity contribution in [1.29, 1.82) is 0 Å². The maximum atomic E-state index is 12.2. The number of rotatable bonds is 7. The van der Waals surface area contributed by atoms with Gasteiger partial charge in [0, 0.05) is 31.3 Å². The van der Waals surface area contributed by atoms with Crippen molar-refractivity contribution in [2.45, 2.75) is 27.7 Å². The summed E-state index contributed by atoms with van der Waals surface area (Å²) < 4.78 is 0. The standard InChI is InChI=1S/C18H25N5O/c1-5-19-16-11-17(23-14(4)22-16)20-8-9-21-18(24)15-10-12(2)6-7-13(15)3/h6-7,10-11H,5,8-9H2,1-4H3,(H,21,24)(H2,19,20,22,23). The minimum atomic E-state index is -0.0507. The summed E-state index contributed by atoms with van der Waals surface area (Å²) in [7, 11) is 0. The maximum Gasteiger partial charge on any atom is 0.251 e. The molecule has 6 nitrogen and oxygen atoms in total. The maximum absolute atomic E-state index is 12.2. The summed E-state index contributed by atoms with van der Waals surface area (Å²) in [5, 5.41) is 9.31. The van der Waals surface area contributed by atoms with Crippen LogP contribution in [0.15, 0.2) is 24.3 Å². The van der Waals surface area contributed by atoms with Crippen LogP contribution in [0.2, 0.25) is 0 Å². The minimum Gasteiger partial charge on any atom is -0.370 e.